The fourth-order valence-electron chi connectivity index (χ4n) is 1.66. The Kier molecular flexibility index (Phi) is 4.01. The van der Waals surface area contributed by atoms with Crippen molar-refractivity contribution in [3.8, 4) is 11.8 Å². The number of hydrogen-bond donors (Lipinski definition) is 2. The van der Waals surface area contributed by atoms with Gasteiger partial charge in [-0.25, -0.2) is 0 Å². The maximum Gasteiger partial charge on any atom is 0.227 e. The number of aryl methyl sites for hydroxylation is 1. The van der Waals surface area contributed by atoms with Crippen molar-refractivity contribution in [3.63, 3.8) is 0 Å². The summed E-state index contributed by atoms with van der Waals surface area (Å²) in [6, 6.07) is 5.81. The van der Waals surface area contributed by atoms with Crippen LogP contribution in [0.5, 0.6) is 0 Å². The molecule has 2 rings (SSSR count). The summed E-state index contributed by atoms with van der Waals surface area (Å²) in [6.45, 7) is 2.04. The van der Waals surface area contributed by atoms with Gasteiger partial charge in [0.1, 0.15) is 0 Å². The second kappa shape index (κ2) is 5.70. The van der Waals surface area contributed by atoms with Gasteiger partial charge in [-0.1, -0.05) is 17.9 Å². The molecule has 0 aliphatic heterocycles. The quantitative estimate of drug-likeness (QED) is 0.798. The van der Waals surface area contributed by atoms with Crippen LogP contribution in [0.25, 0.3) is 0 Å². The van der Waals surface area contributed by atoms with E-state index in [0.717, 1.165) is 29.7 Å². The molecule has 0 radical (unpaired) electrons. The molecule has 3 heteroatoms. The predicted molar refractivity (Wildman–Crippen MR) is 71.1 cm³/mol. The summed E-state index contributed by atoms with van der Waals surface area (Å²) in [5.74, 6) is 6.13. The molecule has 1 aliphatic rings. The minimum atomic E-state index is 0.0582. The highest BCUT2D eigenvalue weighted by molar-refractivity contribution is 5.95. The van der Waals surface area contributed by atoms with Gasteiger partial charge >= 0.3 is 0 Å². The number of carbonyl (C=O) groups is 1. The molecule has 0 atom stereocenters. The Hall–Kier alpha value is -1.79. The average molecular weight is 243 g/mol. The third kappa shape index (κ3) is 3.35. The molecule has 1 fully saturated rings. The molecule has 1 amide bonds. The second-order valence-electron chi connectivity index (χ2n) is 4.59. The number of aliphatic hydroxyl groups excluding tert-OH is 1. The van der Waals surface area contributed by atoms with E-state index < -0.39 is 0 Å². The van der Waals surface area contributed by atoms with Gasteiger partial charge in [0.15, 0.2) is 0 Å². The van der Waals surface area contributed by atoms with Crippen molar-refractivity contribution in [2.45, 2.75) is 26.2 Å². The topological polar surface area (TPSA) is 49.3 Å². The Morgan fingerprint density at radius 2 is 2.28 bits per heavy atom. The normalized spacial score (nSPS) is 13.7. The van der Waals surface area contributed by atoms with Crippen molar-refractivity contribution in [1.82, 2.24) is 0 Å². The molecule has 0 saturated heterocycles. The smallest absolute Gasteiger partial charge is 0.227 e. The maximum atomic E-state index is 11.8. The van der Waals surface area contributed by atoms with Crippen molar-refractivity contribution in [1.29, 1.82) is 0 Å². The number of amides is 1. The first-order chi connectivity index (χ1) is 8.70. The zero-order valence-corrected chi connectivity index (χ0v) is 10.5. The highest BCUT2D eigenvalue weighted by Crippen LogP contribution is 2.30. The largest absolute Gasteiger partial charge is 0.395 e. The first kappa shape index (κ1) is 12.7. The van der Waals surface area contributed by atoms with Gasteiger partial charge in [-0.05, 0) is 37.5 Å². The molecule has 0 spiro atoms. The fourth-order valence-corrected chi connectivity index (χ4v) is 1.66. The van der Waals surface area contributed by atoms with E-state index in [0.29, 0.717) is 6.42 Å². The van der Waals surface area contributed by atoms with Crippen molar-refractivity contribution >= 4 is 11.6 Å². The maximum absolute atomic E-state index is 11.8. The van der Waals surface area contributed by atoms with Gasteiger partial charge in [-0.3, -0.25) is 4.79 Å². The van der Waals surface area contributed by atoms with Gasteiger partial charge in [-0.15, -0.1) is 0 Å². The zero-order chi connectivity index (χ0) is 13.0. The molecular weight excluding hydrogens is 226 g/mol. The molecule has 3 nitrogen and oxygen atoms in total. The highest BCUT2D eigenvalue weighted by Gasteiger charge is 2.29. The Morgan fingerprint density at radius 1 is 1.50 bits per heavy atom. The molecular formula is C15H17NO2. The summed E-state index contributed by atoms with van der Waals surface area (Å²) >= 11 is 0. The summed E-state index contributed by atoms with van der Waals surface area (Å²) in [7, 11) is 0. The number of benzene rings is 1. The van der Waals surface area contributed by atoms with Crippen molar-refractivity contribution in [3.05, 3.63) is 29.3 Å². The Bertz CT molecular complexity index is 507. The first-order valence-corrected chi connectivity index (χ1v) is 6.22. The first-order valence-electron chi connectivity index (χ1n) is 6.22. The fraction of sp³-hybridized carbons (Fsp3) is 0.400. The van der Waals surface area contributed by atoms with Gasteiger partial charge in [0.05, 0.1) is 12.3 Å². The number of anilines is 1. The van der Waals surface area contributed by atoms with E-state index in [4.69, 9.17) is 5.11 Å². The van der Waals surface area contributed by atoms with E-state index in [1.165, 1.54) is 0 Å². The van der Waals surface area contributed by atoms with Crippen LogP contribution in [-0.4, -0.2) is 17.6 Å². The molecule has 94 valence electrons. The number of aliphatic hydroxyl groups is 1. The third-order valence-corrected chi connectivity index (χ3v) is 2.84. The lowest BCUT2D eigenvalue weighted by Gasteiger charge is -2.08. The summed E-state index contributed by atoms with van der Waals surface area (Å²) in [4.78, 5) is 11.8. The summed E-state index contributed by atoms with van der Waals surface area (Å²) in [6.07, 6.45) is 2.43. The summed E-state index contributed by atoms with van der Waals surface area (Å²) < 4.78 is 0. The molecule has 0 heterocycles. The van der Waals surface area contributed by atoms with Crippen LogP contribution in [0, 0.1) is 24.7 Å². The van der Waals surface area contributed by atoms with Crippen LogP contribution in [0.2, 0.25) is 0 Å². The molecule has 0 bridgehead atoms. The van der Waals surface area contributed by atoms with E-state index in [-0.39, 0.29) is 18.4 Å². The third-order valence-electron chi connectivity index (χ3n) is 2.84. The lowest BCUT2D eigenvalue weighted by molar-refractivity contribution is -0.117. The number of carbonyl (C=O) groups excluding carboxylic acids is 1. The van der Waals surface area contributed by atoms with Gasteiger partial charge in [0.2, 0.25) is 5.91 Å². The van der Waals surface area contributed by atoms with Crippen LogP contribution in [-0.2, 0) is 4.79 Å². The van der Waals surface area contributed by atoms with Crippen LogP contribution in [0.3, 0.4) is 0 Å². The zero-order valence-electron chi connectivity index (χ0n) is 10.5. The van der Waals surface area contributed by atoms with Crippen LogP contribution in [0.4, 0.5) is 5.69 Å². The van der Waals surface area contributed by atoms with Crippen molar-refractivity contribution in [2.75, 3.05) is 11.9 Å². The van der Waals surface area contributed by atoms with Crippen molar-refractivity contribution in [2.24, 2.45) is 5.92 Å². The van der Waals surface area contributed by atoms with E-state index in [1.54, 1.807) is 0 Å². The Labute approximate surface area is 107 Å². The highest BCUT2D eigenvalue weighted by atomic mass is 16.2. The number of hydrogen-bond acceptors (Lipinski definition) is 2. The molecule has 2 N–H and O–H groups in total. The second-order valence-corrected chi connectivity index (χ2v) is 4.59. The van der Waals surface area contributed by atoms with E-state index >= 15 is 0 Å². The number of nitrogens with one attached hydrogen (secondary N) is 1. The average Bonchev–Trinajstić information content (AvgIpc) is 3.16. The SMILES string of the molecule is Cc1ccc(C#CCCO)c(NC(=O)C2CC2)c1. The lowest BCUT2D eigenvalue weighted by Crippen LogP contribution is -2.14. The van der Waals surface area contributed by atoms with Crippen LogP contribution < -0.4 is 5.32 Å². The summed E-state index contributed by atoms with van der Waals surface area (Å²) in [5, 5.41) is 11.6. The molecule has 1 aromatic rings. The van der Waals surface area contributed by atoms with E-state index in [1.807, 2.05) is 25.1 Å². The monoisotopic (exact) mass is 243 g/mol. The lowest BCUT2D eigenvalue weighted by atomic mass is 10.1. The molecule has 18 heavy (non-hydrogen) atoms. The van der Waals surface area contributed by atoms with Gasteiger partial charge in [-0.2, -0.15) is 0 Å². The van der Waals surface area contributed by atoms with Crippen LogP contribution in [0.15, 0.2) is 18.2 Å². The molecule has 1 saturated carbocycles. The standard InChI is InChI=1S/C15H17NO2/c1-11-5-6-12(4-2-3-9-17)14(10-11)16-15(18)13-7-8-13/h5-6,10,13,17H,3,7-9H2,1H3,(H,16,18). The minimum absolute atomic E-state index is 0.0582. The van der Waals surface area contributed by atoms with Gasteiger partial charge in [0.25, 0.3) is 0 Å². The predicted octanol–water partition coefficient (Wildman–Crippen LogP) is 2.08. The summed E-state index contributed by atoms with van der Waals surface area (Å²) in [5.41, 5.74) is 2.68. The van der Waals surface area contributed by atoms with Crippen LogP contribution >= 0.6 is 0 Å². The molecule has 0 unspecified atom stereocenters. The Morgan fingerprint density at radius 3 is 2.94 bits per heavy atom. The van der Waals surface area contributed by atoms with Gasteiger partial charge in [0, 0.05) is 17.9 Å². The molecule has 1 aliphatic carbocycles. The van der Waals surface area contributed by atoms with Crippen LogP contribution in [0.1, 0.15) is 30.4 Å². The minimum Gasteiger partial charge on any atom is -0.395 e. The van der Waals surface area contributed by atoms with E-state index in [2.05, 4.69) is 17.2 Å². The van der Waals surface area contributed by atoms with Gasteiger partial charge < -0.3 is 10.4 Å². The molecule has 0 aromatic heterocycles. The van der Waals surface area contributed by atoms with Crippen molar-refractivity contribution < 1.29 is 9.90 Å². The molecule has 1 aromatic carbocycles. The number of rotatable bonds is 3. The Balaban J connectivity index is 2.17. The van der Waals surface area contributed by atoms with E-state index in [9.17, 15) is 4.79 Å².